The van der Waals surface area contributed by atoms with E-state index in [9.17, 15) is 74.6 Å². The first-order chi connectivity index (χ1) is 17.2. The van der Waals surface area contributed by atoms with E-state index in [4.69, 9.17) is 16.3 Å². The van der Waals surface area contributed by atoms with Gasteiger partial charge in [0.05, 0.1) is 12.1 Å². The van der Waals surface area contributed by atoms with Gasteiger partial charge in [-0.3, -0.25) is 5.10 Å². The van der Waals surface area contributed by atoms with Gasteiger partial charge in [-0.25, -0.2) is 0 Å². The first-order valence-corrected chi connectivity index (χ1v) is 9.66. The average Bonchev–Trinajstić information content (AvgIpc) is 3.19. The summed E-state index contributed by atoms with van der Waals surface area (Å²) < 4.78 is 234. The van der Waals surface area contributed by atoms with Crippen molar-refractivity contribution in [2.75, 3.05) is 7.11 Å². The molecule has 0 saturated heterocycles. The molecular weight excluding hydrogens is 619 g/mol. The van der Waals surface area contributed by atoms with Gasteiger partial charge in [0, 0.05) is 5.56 Å². The second-order valence-corrected chi connectivity index (χ2v) is 7.89. The predicted octanol–water partition coefficient (Wildman–Crippen LogP) is 8.20. The number of alkyl halides is 17. The van der Waals surface area contributed by atoms with Crippen LogP contribution in [0.1, 0.15) is 5.69 Å². The van der Waals surface area contributed by atoms with Crippen molar-refractivity contribution in [3.8, 4) is 17.0 Å². The largest absolute Gasteiger partial charge is 0.497 e. The number of hydrogen-bond donors (Lipinski definition) is 1. The van der Waals surface area contributed by atoms with Gasteiger partial charge < -0.3 is 4.74 Å². The lowest BCUT2D eigenvalue weighted by Crippen LogP contribution is -2.74. The lowest BCUT2D eigenvalue weighted by atomic mass is 9.88. The minimum absolute atomic E-state index is 0.109. The first kappa shape index (κ1) is 32.5. The third kappa shape index (κ3) is 4.32. The van der Waals surface area contributed by atoms with Crippen LogP contribution in [0.4, 0.5) is 74.6 Å². The van der Waals surface area contributed by atoms with Crippen molar-refractivity contribution < 1.29 is 79.4 Å². The summed E-state index contributed by atoms with van der Waals surface area (Å²) in [6, 6.07) is 4.13. The van der Waals surface area contributed by atoms with E-state index < -0.39 is 64.0 Å². The normalized spacial score (nSPS) is 15.1. The van der Waals surface area contributed by atoms with Crippen LogP contribution < -0.4 is 4.74 Å². The molecule has 0 bridgehead atoms. The minimum Gasteiger partial charge on any atom is -0.497 e. The summed E-state index contributed by atoms with van der Waals surface area (Å²) in [5.74, 6) is -57.3. The Kier molecular flexibility index (Phi) is 7.66. The number of halogens is 18. The van der Waals surface area contributed by atoms with Gasteiger partial charge in [0.2, 0.25) is 0 Å². The third-order valence-electron chi connectivity index (χ3n) is 5.11. The third-order valence-corrected chi connectivity index (χ3v) is 5.47. The molecule has 0 spiro atoms. The molecule has 21 heteroatoms. The first-order valence-electron chi connectivity index (χ1n) is 9.28. The van der Waals surface area contributed by atoms with Gasteiger partial charge in [0.25, 0.3) is 0 Å². The Labute approximate surface area is 208 Å². The highest BCUT2D eigenvalue weighted by atomic mass is 35.5. The lowest BCUT2D eigenvalue weighted by Gasteiger charge is -2.42. The molecule has 0 saturated carbocycles. The van der Waals surface area contributed by atoms with Gasteiger partial charge in [-0.05, 0) is 24.3 Å². The van der Waals surface area contributed by atoms with Gasteiger partial charge in [-0.1, -0.05) is 11.6 Å². The van der Waals surface area contributed by atoms with Crippen molar-refractivity contribution in [1.82, 2.24) is 10.2 Å². The maximum Gasteiger partial charge on any atom is 0.460 e. The van der Waals surface area contributed by atoms with Crippen molar-refractivity contribution in [2.24, 2.45) is 0 Å². The molecule has 1 heterocycles. The molecule has 0 fully saturated rings. The summed E-state index contributed by atoms with van der Waals surface area (Å²) in [5, 5.41) is 2.22. The van der Waals surface area contributed by atoms with Crippen LogP contribution in [0.2, 0.25) is 5.02 Å². The van der Waals surface area contributed by atoms with E-state index in [0.717, 1.165) is 36.5 Å². The quantitative estimate of drug-likeness (QED) is 0.285. The van der Waals surface area contributed by atoms with E-state index in [-0.39, 0.29) is 11.3 Å². The van der Waals surface area contributed by atoms with Crippen LogP contribution in [0.25, 0.3) is 11.3 Å². The molecule has 0 aliphatic heterocycles. The SMILES string of the molecule is COc1ccc(-c2n[nH]c(C(F)(F)C(F)(F)C(F)(F)C(F)(F)C(F)(F)C(F)(F)C(F)(F)C(F)(F)F)c2Cl)cc1. The fourth-order valence-corrected chi connectivity index (χ4v) is 3.11. The van der Waals surface area contributed by atoms with Gasteiger partial charge >= 0.3 is 47.6 Å². The molecule has 39 heavy (non-hydrogen) atoms. The number of hydrogen-bond acceptors (Lipinski definition) is 2. The van der Waals surface area contributed by atoms with Crippen molar-refractivity contribution in [3.05, 3.63) is 35.0 Å². The van der Waals surface area contributed by atoms with Gasteiger partial charge in [0.15, 0.2) is 0 Å². The van der Waals surface area contributed by atoms with Crippen LogP contribution in [-0.4, -0.2) is 59.0 Å². The molecule has 0 atom stereocenters. The highest BCUT2D eigenvalue weighted by Crippen LogP contribution is 2.65. The number of ether oxygens (including phenoxy) is 1. The molecular formula is C18H8ClF17N2O. The van der Waals surface area contributed by atoms with Gasteiger partial charge in [0.1, 0.15) is 17.1 Å². The predicted molar refractivity (Wildman–Crippen MR) is 95.2 cm³/mol. The van der Waals surface area contributed by atoms with Crippen LogP contribution in [0, 0.1) is 0 Å². The Hall–Kier alpha value is -2.67. The zero-order valence-electron chi connectivity index (χ0n) is 18.0. The number of nitrogens with one attached hydrogen (secondary N) is 1. The highest BCUT2D eigenvalue weighted by molar-refractivity contribution is 6.33. The van der Waals surface area contributed by atoms with Gasteiger partial charge in [-0.2, -0.15) is 79.7 Å². The topological polar surface area (TPSA) is 37.9 Å². The molecule has 2 rings (SSSR count). The summed E-state index contributed by atoms with van der Waals surface area (Å²) in [6.07, 6.45) is -7.82. The van der Waals surface area contributed by atoms with Crippen molar-refractivity contribution in [3.63, 3.8) is 0 Å². The molecule has 1 aromatic carbocycles. The van der Waals surface area contributed by atoms with E-state index in [1.54, 1.807) is 0 Å². The lowest BCUT2D eigenvalue weighted by molar-refractivity contribution is -0.462. The fraction of sp³-hybridized carbons (Fsp3) is 0.500. The Morgan fingerprint density at radius 2 is 1.00 bits per heavy atom. The number of methoxy groups -OCH3 is 1. The van der Waals surface area contributed by atoms with Crippen molar-refractivity contribution >= 4 is 11.6 Å². The Bertz CT molecular complexity index is 1190. The number of nitrogens with zero attached hydrogens (tertiary/aromatic N) is 1. The van der Waals surface area contributed by atoms with Crippen LogP contribution in [0.3, 0.4) is 0 Å². The van der Waals surface area contributed by atoms with Crippen molar-refractivity contribution in [2.45, 2.75) is 47.6 Å². The number of benzene rings is 1. The van der Waals surface area contributed by atoms with E-state index >= 15 is 0 Å². The molecule has 0 amide bonds. The fourth-order valence-electron chi connectivity index (χ4n) is 2.80. The minimum atomic E-state index is -8.71. The van der Waals surface area contributed by atoms with Crippen LogP contribution in [0.15, 0.2) is 24.3 Å². The zero-order valence-corrected chi connectivity index (χ0v) is 18.7. The standard InChI is InChI=1S/C18H8ClF17N2O/c1-39-7-4-2-6(3-5-7)9-8(19)10(38-37-9)11(20,21)12(22,23)13(24,25)14(26,27)15(28,29)16(30,31)17(32,33)18(34,35)36/h2-5H,1H3,(H,37,38). The summed E-state index contributed by atoms with van der Waals surface area (Å²) in [4.78, 5) is 0. The molecule has 1 aromatic heterocycles. The molecule has 0 aliphatic carbocycles. The summed E-state index contributed by atoms with van der Waals surface area (Å²) in [7, 11) is 1.16. The van der Waals surface area contributed by atoms with Crippen molar-refractivity contribution in [1.29, 1.82) is 0 Å². The van der Waals surface area contributed by atoms with Crippen LogP contribution >= 0.6 is 11.6 Å². The Morgan fingerprint density at radius 1 is 0.615 bits per heavy atom. The van der Waals surface area contributed by atoms with Crippen LogP contribution in [-0.2, 0) is 5.92 Å². The molecule has 0 radical (unpaired) electrons. The Balaban J connectivity index is 2.65. The number of aromatic amines is 1. The maximum absolute atomic E-state index is 14.5. The van der Waals surface area contributed by atoms with E-state index in [1.165, 1.54) is 0 Å². The maximum atomic E-state index is 14.5. The summed E-state index contributed by atoms with van der Waals surface area (Å²) in [6.45, 7) is 0. The number of H-pyrrole nitrogens is 1. The summed E-state index contributed by atoms with van der Waals surface area (Å²) in [5.41, 5.74) is -3.98. The number of aromatic nitrogens is 2. The smallest absolute Gasteiger partial charge is 0.460 e. The summed E-state index contributed by atoms with van der Waals surface area (Å²) >= 11 is 5.40. The molecule has 2 aromatic rings. The highest BCUT2D eigenvalue weighted by Gasteiger charge is 2.95. The zero-order chi connectivity index (χ0) is 30.8. The molecule has 0 aliphatic rings. The number of rotatable bonds is 9. The van der Waals surface area contributed by atoms with Gasteiger partial charge in [-0.15, -0.1) is 0 Å². The average molecular weight is 627 g/mol. The Morgan fingerprint density at radius 3 is 1.38 bits per heavy atom. The van der Waals surface area contributed by atoms with E-state index in [2.05, 4.69) is 5.10 Å². The van der Waals surface area contributed by atoms with E-state index in [1.807, 2.05) is 0 Å². The molecule has 1 N–H and O–H groups in total. The van der Waals surface area contributed by atoms with E-state index in [0.29, 0.717) is 0 Å². The molecule has 222 valence electrons. The second-order valence-electron chi connectivity index (χ2n) is 7.51. The van der Waals surface area contributed by atoms with Crippen LogP contribution in [0.5, 0.6) is 5.75 Å². The molecule has 3 nitrogen and oxygen atoms in total. The molecule has 0 unspecified atom stereocenters. The second kappa shape index (κ2) is 9.18. The monoisotopic (exact) mass is 626 g/mol.